The molecule has 1 saturated carbocycles. The van der Waals surface area contributed by atoms with Crippen LogP contribution in [0.25, 0.3) is 0 Å². The van der Waals surface area contributed by atoms with Crippen LogP contribution >= 0.6 is 0 Å². The van der Waals surface area contributed by atoms with Gasteiger partial charge >= 0.3 is 0 Å². The summed E-state index contributed by atoms with van der Waals surface area (Å²) in [6, 6.07) is 0. The van der Waals surface area contributed by atoms with Gasteiger partial charge < -0.3 is 16.0 Å². The summed E-state index contributed by atoms with van der Waals surface area (Å²) >= 11 is 0. The van der Waals surface area contributed by atoms with Gasteiger partial charge in [-0.25, -0.2) is 0 Å². The number of rotatable bonds is 6. The Labute approximate surface area is 122 Å². The molecule has 0 aromatic carbocycles. The second-order valence-corrected chi connectivity index (χ2v) is 5.65. The van der Waals surface area contributed by atoms with E-state index < -0.39 is 5.41 Å². The van der Waals surface area contributed by atoms with E-state index in [1.165, 1.54) is 12.8 Å². The first-order valence-electron chi connectivity index (χ1n) is 7.85. The van der Waals surface area contributed by atoms with E-state index >= 15 is 0 Å². The van der Waals surface area contributed by atoms with Crippen molar-refractivity contribution in [2.24, 2.45) is 11.1 Å². The number of hydrogen-bond acceptors (Lipinski definition) is 3. The lowest BCUT2D eigenvalue weighted by Gasteiger charge is -2.30. The largest absolute Gasteiger partial charge is 0.347 e. The summed E-state index contributed by atoms with van der Waals surface area (Å²) < 4.78 is 0. The van der Waals surface area contributed by atoms with E-state index in [0.29, 0.717) is 19.6 Å². The highest BCUT2D eigenvalue weighted by Gasteiger charge is 2.37. The molecular formula is C15H29N3O2. The molecule has 0 bridgehead atoms. The third-order valence-electron chi connectivity index (χ3n) is 4.45. The summed E-state index contributed by atoms with van der Waals surface area (Å²) in [4.78, 5) is 26.1. The molecule has 0 radical (unpaired) electrons. The molecule has 0 unspecified atom stereocenters. The van der Waals surface area contributed by atoms with E-state index in [2.05, 4.69) is 5.32 Å². The van der Waals surface area contributed by atoms with Crippen molar-refractivity contribution < 1.29 is 9.59 Å². The van der Waals surface area contributed by atoms with Gasteiger partial charge in [0, 0.05) is 19.6 Å². The Balaban J connectivity index is 2.57. The molecule has 3 N–H and O–H groups in total. The Bertz CT molecular complexity index is 319. The fourth-order valence-corrected chi connectivity index (χ4v) is 2.96. The Kier molecular flexibility index (Phi) is 6.99. The van der Waals surface area contributed by atoms with Gasteiger partial charge in [-0.05, 0) is 26.7 Å². The summed E-state index contributed by atoms with van der Waals surface area (Å²) in [7, 11) is 0. The van der Waals surface area contributed by atoms with Crippen molar-refractivity contribution in [3.05, 3.63) is 0 Å². The van der Waals surface area contributed by atoms with E-state index in [1.807, 2.05) is 13.8 Å². The molecule has 0 atom stereocenters. The van der Waals surface area contributed by atoms with Crippen LogP contribution in [0.1, 0.15) is 52.4 Å². The monoisotopic (exact) mass is 283 g/mol. The van der Waals surface area contributed by atoms with Crippen molar-refractivity contribution in [2.75, 3.05) is 26.2 Å². The second kappa shape index (κ2) is 8.25. The minimum absolute atomic E-state index is 0.0239. The van der Waals surface area contributed by atoms with E-state index in [9.17, 15) is 9.59 Å². The number of nitrogens with two attached hydrogens (primary N) is 1. The summed E-state index contributed by atoms with van der Waals surface area (Å²) in [5.41, 5.74) is 5.41. The fraction of sp³-hybridized carbons (Fsp3) is 0.867. The second-order valence-electron chi connectivity index (χ2n) is 5.65. The van der Waals surface area contributed by atoms with Crippen molar-refractivity contribution >= 4 is 11.8 Å². The van der Waals surface area contributed by atoms with Gasteiger partial charge in [0.15, 0.2) is 0 Å². The molecule has 1 aliphatic carbocycles. The van der Waals surface area contributed by atoms with E-state index in [-0.39, 0.29) is 18.4 Å². The van der Waals surface area contributed by atoms with E-state index in [1.54, 1.807) is 4.90 Å². The molecule has 0 spiro atoms. The van der Waals surface area contributed by atoms with Crippen LogP contribution in [0.4, 0.5) is 0 Å². The average molecular weight is 283 g/mol. The predicted molar refractivity (Wildman–Crippen MR) is 80.1 cm³/mol. The first-order valence-corrected chi connectivity index (χ1v) is 7.85. The lowest BCUT2D eigenvalue weighted by atomic mass is 9.79. The number of hydrogen-bond donors (Lipinski definition) is 2. The summed E-state index contributed by atoms with van der Waals surface area (Å²) in [5.74, 6) is -0.0634. The van der Waals surface area contributed by atoms with Gasteiger partial charge in [0.25, 0.3) is 0 Å². The Hall–Kier alpha value is -1.10. The number of amides is 2. The van der Waals surface area contributed by atoms with Crippen LogP contribution in [-0.2, 0) is 9.59 Å². The molecule has 1 fully saturated rings. The SMILES string of the molecule is CCN(CC)C(=O)CNC(=O)C1(CN)CCCCCC1. The molecule has 5 heteroatoms. The fourth-order valence-electron chi connectivity index (χ4n) is 2.96. The molecular weight excluding hydrogens is 254 g/mol. The highest BCUT2D eigenvalue weighted by atomic mass is 16.2. The third-order valence-corrected chi connectivity index (χ3v) is 4.45. The zero-order valence-corrected chi connectivity index (χ0v) is 12.9. The van der Waals surface area contributed by atoms with Gasteiger partial charge in [0.05, 0.1) is 12.0 Å². The first kappa shape index (κ1) is 17.0. The van der Waals surface area contributed by atoms with Gasteiger partial charge in [0.1, 0.15) is 0 Å². The topological polar surface area (TPSA) is 75.4 Å². The van der Waals surface area contributed by atoms with Crippen LogP contribution in [-0.4, -0.2) is 42.9 Å². The maximum Gasteiger partial charge on any atom is 0.241 e. The lowest BCUT2D eigenvalue weighted by Crippen LogP contribution is -2.49. The Morgan fingerprint density at radius 2 is 1.65 bits per heavy atom. The number of carbonyl (C=O) groups excluding carboxylic acids is 2. The molecule has 1 aliphatic rings. The zero-order chi connectivity index (χ0) is 15.0. The minimum Gasteiger partial charge on any atom is -0.347 e. The lowest BCUT2D eigenvalue weighted by molar-refractivity contribution is -0.136. The first-order chi connectivity index (χ1) is 9.59. The van der Waals surface area contributed by atoms with Crippen LogP contribution in [0.5, 0.6) is 0 Å². The highest BCUT2D eigenvalue weighted by Crippen LogP contribution is 2.34. The van der Waals surface area contributed by atoms with Crippen LogP contribution in [0.2, 0.25) is 0 Å². The predicted octanol–water partition coefficient (Wildman–Crippen LogP) is 1.27. The average Bonchev–Trinajstić information content (AvgIpc) is 2.72. The van der Waals surface area contributed by atoms with Gasteiger partial charge in [-0.15, -0.1) is 0 Å². The highest BCUT2D eigenvalue weighted by molar-refractivity contribution is 5.88. The molecule has 20 heavy (non-hydrogen) atoms. The van der Waals surface area contributed by atoms with Crippen molar-refractivity contribution in [3.63, 3.8) is 0 Å². The van der Waals surface area contributed by atoms with Gasteiger partial charge in [-0.1, -0.05) is 25.7 Å². The molecule has 0 saturated heterocycles. The van der Waals surface area contributed by atoms with E-state index in [4.69, 9.17) is 5.73 Å². The van der Waals surface area contributed by atoms with E-state index in [0.717, 1.165) is 25.7 Å². The molecule has 0 aliphatic heterocycles. The van der Waals surface area contributed by atoms with Crippen LogP contribution in [0.15, 0.2) is 0 Å². The maximum atomic E-state index is 12.4. The van der Waals surface area contributed by atoms with Crippen molar-refractivity contribution in [3.8, 4) is 0 Å². The maximum absolute atomic E-state index is 12.4. The quantitative estimate of drug-likeness (QED) is 0.721. The van der Waals surface area contributed by atoms with Crippen LogP contribution < -0.4 is 11.1 Å². The molecule has 2 amide bonds. The molecule has 0 heterocycles. The smallest absolute Gasteiger partial charge is 0.241 e. The number of likely N-dealkylation sites (N-methyl/N-ethyl adjacent to an activating group) is 1. The van der Waals surface area contributed by atoms with Gasteiger partial charge in [-0.3, -0.25) is 9.59 Å². The standard InChI is InChI=1S/C15H29N3O2/c1-3-18(4-2)13(19)11-17-14(20)15(12-16)9-7-5-6-8-10-15/h3-12,16H2,1-2H3,(H,17,20). The number of nitrogens with one attached hydrogen (secondary N) is 1. The van der Waals surface area contributed by atoms with Crippen molar-refractivity contribution in [1.29, 1.82) is 0 Å². The Morgan fingerprint density at radius 1 is 1.10 bits per heavy atom. The molecule has 0 aromatic rings. The van der Waals surface area contributed by atoms with Crippen LogP contribution in [0, 0.1) is 5.41 Å². The van der Waals surface area contributed by atoms with Gasteiger partial charge in [-0.2, -0.15) is 0 Å². The molecule has 5 nitrogen and oxygen atoms in total. The number of carbonyl (C=O) groups is 2. The Morgan fingerprint density at radius 3 is 2.10 bits per heavy atom. The van der Waals surface area contributed by atoms with Crippen molar-refractivity contribution in [1.82, 2.24) is 10.2 Å². The molecule has 116 valence electrons. The van der Waals surface area contributed by atoms with Gasteiger partial charge in [0.2, 0.25) is 11.8 Å². The normalized spacial score (nSPS) is 18.1. The number of nitrogens with zero attached hydrogens (tertiary/aromatic N) is 1. The zero-order valence-electron chi connectivity index (χ0n) is 12.9. The summed E-state index contributed by atoms with van der Waals surface area (Å²) in [6.07, 6.45) is 6.13. The summed E-state index contributed by atoms with van der Waals surface area (Å²) in [5, 5.41) is 2.81. The van der Waals surface area contributed by atoms with Crippen LogP contribution in [0.3, 0.4) is 0 Å². The molecule has 1 rings (SSSR count). The van der Waals surface area contributed by atoms with Crippen molar-refractivity contribution in [2.45, 2.75) is 52.4 Å². The molecule has 0 aromatic heterocycles. The minimum atomic E-state index is -0.458. The third kappa shape index (κ3) is 4.20. The summed E-state index contributed by atoms with van der Waals surface area (Å²) in [6.45, 7) is 5.69.